The molecule has 1 aliphatic rings. The average Bonchev–Trinajstić information content (AvgIpc) is 2.62. The highest BCUT2D eigenvalue weighted by molar-refractivity contribution is 5.77. The summed E-state index contributed by atoms with van der Waals surface area (Å²) in [4.78, 5) is 13.3. The first-order valence-corrected chi connectivity index (χ1v) is 6.11. The summed E-state index contributed by atoms with van der Waals surface area (Å²) in [5.41, 5.74) is 4.64. The average molecular weight is 228 g/mol. The van der Waals surface area contributed by atoms with Gasteiger partial charge in [-0.3, -0.25) is 4.79 Å². The van der Waals surface area contributed by atoms with Crippen molar-refractivity contribution in [2.24, 2.45) is 11.7 Å². The highest BCUT2D eigenvalue weighted by Gasteiger charge is 2.32. The van der Waals surface area contributed by atoms with Crippen molar-refractivity contribution < 1.29 is 9.90 Å². The van der Waals surface area contributed by atoms with E-state index in [0.29, 0.717) is 18.4 Å². The summed E-state index contributed by atoms with van der Waals surface area (Å²) in [5.74, 6) is -0.274. The maximum atomic E-state index is 10.9. The number of rotatable bonds is 5. The minimum Gasteiger partial charge on any atom is -0.480 e. The Morgan fingerprint density at radius 1 is 1.62 bits per heavy atom. The second-order valence-corrected chi connectivity index (χ2v) is 5.46. The molecule has 0 spiro atoms. The van der Waals surface area contributed by atoms with Gasteiger partial charge in [0.1, 0.15) is 5.54 Å². The van der Waals surface area contributed by atoms with Crippen LogP contribution in [-0.4, -0.2) is 40.6 Å². The third-order valence-corrected chi connectivity index (χ3v) is 3.59. The normalized spacial score (nSPS) is 25.9. The van der Waals surface area contributed by atoms with Gasteiger partial charge in [0, 0.05) is 12.6 Å². The highest BCUT2D eigenvalue weighted by atomic mass is 16.4. The highest BCUT2D eigenvalue weighted by Crippen LogP contribution is 2.24. The van der Waals surface area contributed by atoms with Crippen LogP contribution < -0.4 is 5.73 Å². The van der Waals surface area contributed by atoms with Crippen LogP contribution in [0.4, 0.5) is 0 Å². The third kappa shape index (κ3) is 3.19. The number of aliphatic carboxylic acids is 1. The van der Waals surface area contributed by atoms with E-state index < -0.39 is 11.5 Å². The Morgan fingerprint density at radius 2 is 2.25 bits per heavy atom. The molecule has 0 aromatic carbocycles. The van der Waals surface area contributed by atoms with Crippen molar-refractivity contribution in [2.75, 3.05) is 13.1 Å². The maximum Gasteiger partial charge on any atom is 0.323 e. The summed E-state index contributed by atoms with van der Waals surface area (Å²) in [7, 11) is 0. The first-order valence-electron chi connectivity index (χ1n) is 6.11. The van der Waals surface area contributed by atoms with Gasteiger partial charge in [0.15, 0.2) is 0 Å². The Morgan fingerprint density at radius 3 is 2.75 bits per heavy atom. The van der Waals surface area contributed by atoms with E-state index in [1.165, 1.54) is 12.8 Å². The van der Waals surface area contributed by atoms with Crippen LogP contribution in [0.15, 0.2) is 0 Å². The van der Waals surface area contributed by atoms with Crippen LogP contribution >= 0.6 is 0 Å². The van der Waals surface area contributed by atoms with Crippen LogP contribution in [0, 0.1) is 5.92 Å². The van der Waals surface area contributed by atoms with Gasteiger partial charge in [0.2, 0.25) is 0 Å². The van der Waals surface area contributed by atoms with Crippen molar-refractivity contribution in [3.63, 3.8) is 0 Å². The van der Waals surface area contributed by atoms with Crippen LogP contribution in [0.1, 0.15) is 40.0 Å². The molecule has 3 N–H and O–H groups in total. The molecule has 1 saturated heterocycles. The Hall–Kier alpha value is -0.610. The van der Waals surface area contributed by atoms with Crippen LogP contribution in [0.25, 0.3) is 0 Å². The molecule has 1 heterocycles. The number of carboxylic acids is 1. The molecule has 1 rings (SSSR count). The molecule has 0 aromatic heterocycles. The SMILES string of the molecule is CC(C)C1CCCN1CCC(C)(N)C(=O)O. The number of hydrogen-bond donors (Lipinski definition) is 2. The molecule has 1 fully saturated rings. The van der Waals surface area contributed by atoms with Gasteiger partial charge < -0.3 is 15.7 Å². The van der Waals surface area contributed by atoms with Crippen molar-refractivity contribution in [3.05, 3.63) is 0 Å². The molecule has 0 saturated carbocycles. The van der Waals surface area contributed by atoms with Gasteiger partial charge in [-0.1, -0.05) is 13.8 Å². The molecule has 0 amide bonds. The molecule has 4 nitrogen and oxygen atoms in total. The monoisotopic (exact) mass is 228 g/mol. The predicted molar refractivity (Wildman–Crippen MR) is 64.3 cm³/mol. The first-order chi connectivity index (χ1) is 7.34. The maximum absolute atomic E-state index is 10.9. The van der Waals surface area contributed by atoms with Gasteiger partial charge in [-0.15, -0.1) is 0 Å². The molecule has 2 unspecified atom stereocenters. The number of carboxylic acid groups (broad SMARTS) is 1. The molecular weight excluding hydrogens is 204 g/mol. The predicted octanol–water partition coefficient (Wildman–Crippen LogP) is 1.30. The lowest BCUT2D eigenvalue weighted by Gasteiger charge is -2.30. The Bertz CT molecular complexity index is 251. The first kappa shape index (κ1) is 13.5. The van der Waals surface area contributed by atoms with E-state index in [9.17, 15) is 4.79 Å². The van der Waals surface area contributed by atoms with Gasteiger partial charge in [-0.25, -0.2) is 0 Å². The van der Waals surface area contributed by atoms with Crippen LogP contribution in [0.3, 0.4) is 0 Å². The van der Waals surface area contributed by atoms with Gasteiger partial charge in [0.25, 0.3) is 0 Å². The van der Waals surface area contributed by atoms with Crippen molar-refractivity contribution >= 4 is 5.97 Å². The molecule has 4 heteroatoms. The Kier molecular flexibility index (Phi) is 4.33. The standard InChI is InChI=1S/C12H24N2O2/c1-9(2)10-5-4-7-14(10)8-6-12(3,13)11(15)16/h9-10H,4-8,13H2,1-3H3,(H,15,16). The summed E-state index contributed by atoms with van der Waals surface area (Å²) in [5, 5.41) is 8.95. The summed E-state index contributed by atoms with van der Waals surface area (Å²) < 4.78 is 0. The molecule has 0 aliphatic carbocycles. The summed E-state index contributed by atoms with van der Waals surface area (Å²) >= 11 is 0. The Balaban J connectivity index is 2.46. The zero-order valence-corrected chi connectivity index (χ0v) is 10.6. The van der Waals surface area contributed by atoms with Gasteiger partial charge in [-0.2, -0.15) is 0 Å². The van der Waals surface area contributed by atoms with E-state index >= 15 is 0 Å². The van der Waals surface area contributed by atoms with Gasteiger partial charge in [0.05, 0.1) is 0 Å². The fraction of sp³-hybridized carbons (Fsp3) is 0.917. The molecule has 1 aliphatic heterocycles. The summed E-state index contributed by atoms with van der Waals surface area (Å²) in [6.07, 6.45) is 2.97. The smallest absolute Gasteiger partial charge is 0.323 e. The number of nitrogens with zero attached hydrogens (tertiary/aromatic N) is 1. The van der Waals surface area contributed by atoms with Crippen molar-refractivity contribution in [3.8, 4) is 0 Å². The van der Waals surface area contributed by atoms with Crippen LogP contribution in [-0.2, 0) is 4.79 Å². The number of likely N-dealkylation sites (tertiary alicyclic amines) is 1. The fourth-order valence-electron chi connectivity index (χ4n) is 2.37. The zero-order valence-electron chi connectivity index (χ0n) is 10.6. The molecule has 16 heavy (non-hydrogen) atoms. The molecule has 0 radical (unpaired) electrons. The van der Waals surface area contributed by atoms with Gasteiger partial charge in [-0.05, 0) is 38.6 Å². The van der Waals surface area contributed by atoms with Crippen molar-refractivity contribution in [1.82, 2.24) is 4.90 Å². The second kappa shape index (κ2) is 5.15. The minimum absolute atomic E-state index is 0.519. The molecule has 2 atom stereocenters. The van der Waals surface area contributed by atoms with E-state index in [0.717, 1.165) is 13.1 Å². The second-order valence-electron chi connectivity index (χ2n) is 5.46. The molecule has 94 valence electrons. The number of nitrogens with two attached hydrogens (primary N) is 1. The summed E-state index contributed by atoms with van der Waals surface area (Å²) in [6, 6.07) is 0.601. The zero-order chi connectivity index (χ0) is 12.3. The fourth-order valence-corrected chi connectivity index (χ4v) is 2.37. The third-order valence-electron chi connectivity index (χ3n) is 3.59. The lowest BCUT2D eigenvalue weighted by molar-refractivity contribution is -0.143. The lowest BCUT2D eigenvalue weighted by Crippen LogP contribution is -2.48. The number of carbonyl (C=O) groups is 1. The largest absolute Gasteiger partial charge is 0.480 e. The van der Waals surface area contributed by atoms with Crippen LogP contribution in [0.2, 0.25) is 0 Å². The van der Waals surface area contributed by atoms with Crippen LogP contribution in [0.5, 0.6) is 0 Å². The minimum atomic E-state index is -1.09. The topological polar surface area (TPSA) is 66.6 Å². The molecule has 0 aromatic rings. The Labute approximate surface area is 97.8 Å². The van der Waals surface area contributed by atoms with Gasteiger partial charge >= 0.3 is 5.97 Å². The van der Waals surface area contributed by atoms with Crippen molar-refractivity contribution in [2.45, 2.75) is 51.6 Å². The van der Waals surface area contributed by atoms with E-state index in [1.54, 1.807) is 6.92 Å². The van der Waals surface area contributed by atoms with E-state index in [-0.39, 0.29) is 0 Å². The van der Waals surface area contributed by atoms with E-state index in [2.05, 4.69) is 18.7 Å². The number of hydrogen-bond acceptors (Lipinski definition) is 3. The van der Waals surface area contributed by atoms with E-state index in [1.807, 2.05) is 0 Å². The quantitative estimate of drug-likeness (QED) is 0.744. The summed E-state index contributed by atoms with van der Waals surface area (Å²) in [6.45, 7) is 7.92. The van der Waals surface area contributed by atoms with E-state index in [4.69, 9.17) is 10.8 Å². The lowest BCUT2D eigenvalue weighted by atomic mass is 9.97. The van der Waals surface area contributed by atoms with Crippen molar-refractivity contribution in [1.29, 1.82) is 0 Å². The molecule has 0 bridgehead atoms. The molecular formula is C12H24N2O2.